The third kappa shape index (κ3) is 3.80. The van der Waals surface area contributed by atoms with Crippen molar-refractivity contribution in [2.24, 2.45) is 0 Å². The lowest BCUT2D eigenvalue weighted by Crippen LogP contribution is -2.41. The maximum atomic E-state index is 13.0. The number of amides is 1. The van der Waals surface area contributed by atoms with Crippen molar-refractivity contribution >= 4 is 37.7 Å². The van der Waals surface area contributed by atoms with Gasteiger partial charge < -0.3 is 14.6 Å². The van der Waals surface area contributed by atoms with Crippen molar-refractivity contribution < 1.29 is 17.9 Å². The Morgan fingerprint density at radius 1 is 1.16 bits per heavy atom. The van der Waals surface area contributed by atoms with E-state index in [2.05, 4.69) is 14.7 Å². The van der Waals surface area contributed by atoms with Crippen molar-refractivity contribution in [1.29, 1.82) is 0 Å². The molecule has 32 heavy (non-hydrogen) atoms. The van der Waals surface area contributed by atoms with Crippen LogP contribution in [0, 0.1) is 0 Å². The molecule has 4 aromatic rings. The van der Waals surface area contributed by atoms with Gasteiger partial charge in [-0.25, -0.2) is 8.42 Å². The van der Waals surface area contributed by atoms with Crippen LogP contribution in [0.1, 0.15) is 12.1 Å². The molecule has 0 spiro atoms. The van der Waals surface area contributed by atoms with Crippen LogP contribution in [0.3, 0.4) is 0 Å². The summed E-state index contributed by atoms with van der Waals surface area (Å²) in [5.41, 5.74) is 2.60. The molecule has 8 nitrogen and oxygen atoms in total. The van der Waals surface area contributed by atoms with Gasteiger partial charge in [-0.3, -0.25) is 9.78 Å². The lowest BCUT2D eigenvalue weighted by atomic mass is 10.1. The third-order valence-electron chi connectivity index (χ3n) is 5.73. The van der Waals surface area contributed by atoms with Gasteiger partial charge in [-0.1, -0.05) is 12.1 Å². The molecule has 3 heterocycles. The molecule has 1 aliphatic heterocycles. The molecule has 1 amide bonds. The minimum Gasteiger partial charge on any atom is -0.497 e. The number of aromatic amines is 1. The highest BCUT2D eigenvalue weighted by Crippen LogP contribution is 2.25. The number of aromatic nitrogens is 2. The number of benzene rings is 2. The number of H-pyrrole nitrogens is 1. The van der Waals surface area contributed by atoms with Crippen molar-refractivity contribution in [3.8, 4) is 5.75 Å². The number of methoxy groups -OCH3 is 1. The Labute approximate surface area is 185 Å². The summed E-state index contributed by atoms with van der Waals surface area (Å²) < 4.78 is 33.8. The zero-order chi connectivity index (χ0) is 22.3. The van der Waals surface area contributed by atoms with Gasteiger partial charge >= 0.3 is 0 Å². The SMILES string of the molecule is COc1ccc2ccc(S(=O)(=O)N[C@H]3CCN(Cc4cc5ncccc5[nH]4)C3=O)cc2c1. The lowest BCUT2D eigenvalue weighted by Gasteiger charge is -2.16. The van der Waals surface area contributed by atoms with E-state index in [1.54, 1.807) is 42.5 Å². The molecule has 164 valence electrons. The fraction of sp³-hybridized carbons (Fsp3) is 0.217. The van der Waals surface area contributed by atoms with Crippen molar-refractivity contribution in [3.05, 3.63) is 66.5 Å². The fourth-order valence-corrected chi connectivity index (χ4v) is 5.32. The van der Waals surface area contributed by atoms with Gasteiger partial charge in [0, 0.05) is 18.4 Å². The second-order valence-electron chi connectivity index (χ2n) is 7.83. The molecule has 0 aliphatic carbocycles. The van der Waals surface area contributed by atoms with Crippen molar-refractivity contribution in [3.63, 3.8) is 0 Å². The van der Waals surface area contributed by atoms with E-state index in [1.807, 2.05) is 30.3 Å². The second kappa shape index (κ2) is 7.92. The highest BCUT2D eigenvalue weighted by Gasteiger charge is 2.35. The monoisotopic (exact) mass is 450 g/mol. The van der Waals surface area contributed by atoms with Crippen molar-refractivity contribution in [1.82, 2.24) is 19.6 Å². The number of carbonyl (C=O) groups is 1. The summed E-state index contributed by atoms with van der Waals surface area (Å²) in [7, 11) is -2.30. The van der Waals surface area contributed by atoms with Gasteiger partial charge in [-0.15, -0.1) is 0 Å². The summed E-state index contributed by atoms with van der Waals surface area (Å²) >= 11 is 0. The third-order valence-corrected chi connectivity index (χ3v) is 7.20. The highest BCUT2D eigenvalue weighted by molar-refractivity contribution is 7.89. The molecule has 0 saturated carbocycles. The van der Waals surface area contributed by atoms with E-state index in [9.17, 15) is 13.2 Å². The minimum absolute atomic E-state index is 0.117. The molecule has 0 bridgehead atoms. The second-order valence-corrected chi connectivity index (χ2v) is 9.54. The van der Waals surface area contributed by atoms with Crippen LogP contribution in [-0.4, -0.2) is 48.9 Å². The van der Waals surface area contributed by atoms with E-state index >= 15 is 0 Å². The highest BCUT2D eigenvalue weighted by atomic mass is 32.2. The van der Waals surface area contributed by atoms with E-state index in [4.69, 9.17) is 4.74 Å². The zero-order valence-corrected chi connectivity index (χ0v) is 18.2. The number of carbonyl (C=O) groups excluding carboxylic acids is 1. The van der Waals surface area contributed by atoms with Crippen molar-refractivity contribution in [2.75, 3.05) is 13.7 Å². The summed E-state index contributed by atoms with van der Waals surface area (Å²) in [6.45, 7) is 0.854. The van der Waals surface area contributed by atoms with Crippen LogP contribution < -0.4 is 9.46 Å². The van der Waals surface area contributed by atoms with Crippen LogP contribution >= 0.6 is 0 Å². The fourth-order valence-electron chi connectivity index (χ4n) is 4.06. The van der Waals surface area contributed by atoms with E-state index in [0.29, 0.717) is 25.3 Å². The Balaban J connectivity index is 1.32. The van der Waals surface area contributed by atoms with Crippen LogP contribution in [0.2, 0.25) is 0 Å². The summed E-state index contributed by atoms with van der Waals surface area (Å²) in [6, 6.07) is 15.3. The van der Waals surface area contributed by atoms with Crippen molar-refractivity contribution in [2.45, 2.75) is 23.9 Å². The molecule has 2 aromatic carbocycles. The van der Waals surface area contributed by atoms with E-state index in [1.165, 1.54) is 0 Å². The zero-order valence-electron chi connectivity index (χ0n) is 17.4. The summed E-state index contributed by atoms with van der Waals surface area (Å²) in [4.78, 5) is 22.2. The molecule has 1 aliphatic rings. The van der Waals surface area contributed by atoms with Gasteiger partial charge in [0.15, 0.2) is 0 Å². The largest absolute Gasteiger partial charge is 0.497 e. The van der Waals surface area contributed by atoms with Crippen LogP contribution in [0.5, 0.6) is 5.75 Å². The number of likely N-dealkylation sites (tertiary alicyclic amines) is 1. The van der Waals surface area contributed by atoms with Gasteiger partial charge in [-0.2, -0.15) is 4.72 Å². The van der Waals surface area contributed by atoms with E-state index < -0.39 is 16.1 Å². The Hall–Kier alpha value is -3.43. The molecule has 0 radical (unpaired) electrons. The lowest BCUT2D eigenvalue weighted by molar-refractivity contribution is -0.129. The normalized spacial score (nSPS) is 16.8. The van der Waals surface area contributed by atoms with E-state index in [0.717, 1.165) is 27.5 Å². The van der Waals surface area contributed by atoms with Crippen LogP contribution in [0.25, 0.3) is 21.8 Å². The average Bonchev–Trinajstić information content (AvgIpc) is 3.36. The number of pyridine rings is 1. The average molecular weight is 451 g/mol. The summed E-state index contributed by atoms with van der Waals surface area (Å²) in [6.07, 6.45) is 2.13. The first-order valence-electron chi connectivity index (χ1n) is 10.2. The standard InChI is InChI=1S/C23H22N4O4S/c1-31-18-6-4-15-5-7-19(12-16(15)11-18)32(29,30)26-21-8-10-27(23(21)28)14-17-13-22-20(25-17)3-2-9-24-22/h2-7,9,11-13,21,25-26H,8,10,14H2,1H3/t21-/m0/s1. The molecule has 0 unspecified atom stereocenters. The van der Waals surface area contributed by atoms with Gasteiger partial charge in [0.25, 0.3) is 0 Å². The molecular weight excluding hydrogens is 428 g/mol. The minimum atomic E-state index is -3.86. The Bertz CT molecular complexity index is 1400. The maximum absolute atomic E-state index is 13.0. The number of nitrogens with zero attached hydrogens (tertiary/aromatic N) is 2. The number of hydrogen-bond acceptors (Lipinski definition) is 5. The quantitative estimate of drug-likeness (QED) is 0.470. The Kier molecular flexibility index (Phi) is 5.07. The number of hydrogen-bond donors (Lipinski definition) is 2. The van der Waals surface area contributed by atoms with Crippen LogP contribution in [0.4, 0.5) is 0 Å². The van der Waals surface area contributed by atoms with Gasteiger partial charge in [0.1, 0.15) is 11.8 Å². The van der Waals surface area contributed by atoms with Crippen LogP contribution in [0.15, 0.2) is 65.7 Å². The maximum Gasteiger partial charge on any atom is 0.241 e. The Morgan fingerprint density at radius 3 is 2.81 bits per heavy atom. The molecule has 2 N–H and O–H groups in total. The number of ether oxygens (including phenoxy) is 1. The molecule has 1 saturated heterocycles. The predicted molar refractivity (Wildman–Crippen MR) is 121 cm³/mol. The topological polar surface area (TPSA) is 104 Å². The molecular formula is C23H22N4O4S. The molecule has 5 rings (SSSR count). The Morgan fingerprint density at radius 2 is 2.00 bits per heavy atom. The number of fused-ring (bicyclic) bond motifs is 2. The molecule has 1 atom stereocenters. The molecule has 1 fully saturated rings. The van der Waals surface area contributed by atoms with Gasteiger partial charge in [0.05, 0.1) is 29.6 Å². The molecule has 2 aromatic heterocycles. The first-order chi connectivity index (χ1) is 15.4. The smallest absolute Gasteiger partial charge is 0.241 e. The number of sulfonamides is 1. The number of rotatable bonds is 6. The summed E-state index contributed by atoms with van der Waals surface area (Å²) in [5.74, 6) is 0.413. The van der Waals surface area contributed by atoms with Gasteiger partial charge in [0.2, 0.25) is 15.9 Å². The van der Waals surface area contributed by atoms with E-state index in [-0.39, 0.29) is 10.8 Å². The van der Waals surface area contributed by atoms with Crippen LogP contribution in [-0.2, 0) is 21.4 Å². The first kappa shape index (κ1) is 20.5. The molecule has 9 heteroatoms. The van der Waals surface area contributed by atoms with Gasteiger partial charge in [-0.05, 0) is 59.7 Å². The first-order valence-corrected chi connectivity index (χ1v) is 11.7. The summed E-state index contributed by atoms with van der Waals surface area (Å²) in [5, 5.41) is 1.65. The number of nitrogens with one attached hydrogen (secondary N) is 2. The predicted octanol–water partition coefficient (Wildman–Crippen LogP) is 2.80.